The van der Waals surface area contributed by atoms with Crippen molar-refractivity contribution < 1.29 is 19.8 Å². The SMILES string of the molecule is NC(N)=Nc1c(C(=O)O)cc(C(=O)O)c2ccccc12. The number of rotatable bonds is 3. The van der Waals surface area contributed by atoms with Gasteiger partial charge in [-0.1, -0.05) is 24.3 Å². The summed E-state index contributed by atoms with van der Waals surface area (Å²) in [7, 11) is 0. The molecule has 0 atom stereocenters. The average Bonchev–Trinajstić information content (AvgIpc) is 2.37. The number of aromatic carboxylic acids is 2. The number of nitrogens with two attached hydrogens (primary N) is 2. The molecule has 0 fully saturated rings. The molecule has 2 aromatic carbocycles. The third kappa shape index (κ3) is 2.24. The van der Waals surface area contributed by atoms with Crippen LogP contribution >= 0.6 is 0 Å². The molecule has 7 heteroatoms. The van der Waals surface area contributed by atoms with Crippen molar-refractivity contribution in [2.45, 2.75) is 0 Å². The molecule has 0 heterocycles. The lowest BCUT2D eigenvalue weighted by Crippen LogP contribution is -2.22. The van der Waals surface area contributed by atoms with Crippen molar-refractivity contribution in [1.82, 2.24) is 0 Å². The Hall–Kier alpha value is -3.09. The Labute approximate surface area is 113 Å². The van der Waals surface area contributed by atoms with Crippen molar-refractivity contribution >= 4 is 34.4 Å². The third-order valence-corrected chi connectivity index (χ3v) is 2.72. The number of nitrogens with zero attached hydrogens (tertiary/aromatic N) is 1. The smallest absolute Gasteiger partial charge is 0.337 e. The first-order valence-corrected chi connectivity index (χ1v) is 5.53. The number of benzene rings is 2. The minimum absolute atomic E-state index is 0.0399. The van der Waals surface area contributed by atoms with Crippen molar-refractivity contribution in [3.05, 3.63) is 41.5 Å². The van der Waals surface area contributed by atoms with Gasteiger partial charge in [0.05, 0.1) is 16.8 Å². The van der Waals surface area contributed by atoms with Crippen molar-refractivity contribution in [1.29, 1.82) is 0 Å². The zero-order chi connectivity index (χ0) is 14.9. The van der Waals surface area contributed by atoms with E-state index in [1.165, 1.54) is 0 Å². The van der Waals surface area contributed by atoms with Gasteiger partial charge in [0, 0.05) is 5.39 Å². The van der Waals surface area contributed by atoms with Gasteiger partial charge in [0.1, 0.15) is 0 Å². The maximum atomic E-state index is 11.3. The summed E-state index contributed by atoms with van der Waals surface area (Å²) in [6.45, 7) is 0. The van der Waals surface area contributed by atoms with Crippen LogP contribution in [0.4, 0.5) is 5.69 Å². The Bertz CT molecular complexity index is 749. The van der Waals surface area contributed by atoms with Gasteiger partial charge in [0.25, 0.3) is 0 Å². The van der Waals surface area contributed by atoms with E-state index in [0.717, 1.165) is 6.07 Å². The monoisotopic (exact) mass is 273 g/mol. The van der Waals surface area contributed by atoms with E-state index in [-0.39, 0.29) is 22.8 Å². The summed E-state index contributed by atoms with van der Waals surface area (Å²) in [5, 5.41) is 19.1. The summed E-state index contributed by atoms with van der Waals surface area (Å²) in [5.41, 5.74) is 10.3. The van der Waals surface area contributed by atoms with Crippen LogP contribution in [0.2, 0.25) is 0 Å². The molecule has 20 heavy (non-hydrogen) atoms. The van der Waals surface area contributed by atoms with Gasteiger partial charge in [-0.2, -0.15) is 0 Å². The molecule has 0 aliphatic carbocycles. The van der Waals surface area contributed by atoms with Crippen LogP contribution in [-0.4, -0.2) is 28.1 Å². The fourth-order valence-electron chi connectivity index (χ4n) is 1.95. The molecule has 7 nitrogen and oxygen atoms in total. The molecular weight excluding hydrogens is 262 g/mol. The standard InChI is InChI=1S/C13H11N3O4/c14-13(15)16-10-7-4-2-1-3-6(7)8(11(17)18)5-9(10)12(19)20/h1-5H,(H,17,18)(H,19,20)(H4,14,15,16). The summed E-state index contributed by atoms with van der Waals surface area (Å²) >= 11 is 0. The predicted octanol–water partition coefficient (Wildman–Crippen LogP) is 1.14. The highest BCUT2D eigenvalue weighted by atomic mass is 16.4. The Morgan fingerprint density at radius 2 is 1.50 bits per heavy atom. The molecule has 0 aliphatic rings. The molecule has 0 aliphatic heterocycles. The number of carboxylic acid groups (broad SMARTS) is 2. The summed E-state index contributed by atoms with van der Waals surface area (Å²) in [6.07, 6.45) is 0. The first-order chi connectivity index (χ1) is 9.41. The van der Waals surface area contributed by atoms with Crippen molar-refractivity contribution in [2.24, 2.45) is 16.5 Å². The number of aliphatic imine (C=N–C) groups is 1. The highest BCUT2D eigenvalue weighted by Gasteiger charge is 2.19. The Morgan fingerprint density at radius 3 is 2.00 bits per heavy atom. The molecule has 6 N–H and O–H groups in total. The van der Waals surface area contributed by atoms with E-state index in [0.29, 0.717) is 10.8 Å². The lowest BCUT2D eigenvalue weighted by atomic mass is 9.98. The Balaban J connectivity index is 2.99. The van der Waals surface area contributed by atoms with Crippen LogP contribution in [0.15, 0.2) is 35.3 Å². The molecule has 0 amide bonds. The van der Waals surface area contributed by atoms with Gasteiger partial charge in [-0.3, -0.25) is 0 Å². The zero-order valence-corrected chi connectivity index (χ0v) is 10.2. The van der Waals surface area contributed by atoms with Crippen LogP contribution in [-0.2, 0) is 0 Å². The number of hydrogen-bond acceptors (Lipinski definition) is 3. The molecule has 0 aromatic heterocycles. The second-order valence-electron chi connectivity index (χ2n) is 4.01. The van der Waals surface area contributed by atoms with Crippen molar-refractivity contribution in [2.75, 3.05) is 0 Å². The fraction of sp³-hybridized carbons (Fsp3) is 0. The largest absolute Gasteiger partial charge is 0.478 e. The highest BCUT2D eigenvalue weighted by molar-refractivity contribution is 6.13. The third-order valence-electron chi connectivity index (χ3n) is 2.72. The Kier molecular flexibility index (Phi) is 3.26. The number of guanidine groups is 1. The van der Waals surface area contributed by atoms with Crippen LogP contribution < -0.4 is 11.5 Å². The van der Waals surface area contributed by atoms with Gasteiger partial charge >= 0.3 is 11.9 Å². The van der Waals surface area contributed by atoms with E-state index in [4.69, 9.17) is 11.5 Å². The molecular formula is C13H11N3O4. The molecule has 102 valence electrons. The molecule has 0 saturated heterocycles. The molecule has 0 saturated carbocycles. The predicted molar refractivity (Wildman–Crippen MR) is 73.3 cm³/mol. The molecule has 2 aromatic rings. The number of hydrogen-bond donors (Lipinski definition) is 4. The lowest BCUT2D eigenvalue weighted by molar-refractivity contribution is 0.0696. The van der Waals surface area contributed by atoms with Gasteiger partial charge in [-0.15, -0.1) is 0 Å². The minimum atomic E-state index is -1.31. The van der Waals surface area contributed by atoms with Crippen molar-refractivity contribution in [3.8, 4) is 0 Å². The number of carbonyl (C=O) groups is 2. The fourth-order valence-corrected chi connectivity index (χ4v) is 1.95. The first-order valence-electron chi connectivity index (χ1n) is 5.53. The quantitative estimate of drug-likeness (QED) is 0.488. The highest BCUT2D eigenvalue weighted by Crippen LogP contribution is 2.33. The number of carboxylic acids is 2. The van der Waals surface area contributed by atoms with E-state index < -0.39 is 11.9 Å². The van der Waals surface area contributed by atoms with Crippen LogP contribution in [0, 0.1) is 0 Å². The van der Waals surface area contributed by atoms with Gasteiger partial charge in [0.15, 0.2) is 5.96 Å². The van der Waals surface area contributed by atoms with E-state index >= 15 is 0 Å². The van der Waals surface area contributed by atoms with Gasteiger partial charge in [-0.25, -0.2) is 14.6 Å². The zero-order valence-electron chi connectivity index (χ0n) is 10.2. The molecule has 0 bridgehead atoms. The lowest BCUT2D eigenvalue weighted by Gasteiger charge is -2.09. The van der Waals surface area contributed by atoms with Gasteiger partial charge < -0.3 is 21.7 Å². The van der Waals surface area contributed by atoms with Crippen LogP contribution in [0.5, 0.6) is 0 Å². The second kappa shape index (κ2) is 4.88. The molecule has 0 radical (unpaired) electrons. The summed E-state index contributed by atoms with van der Waals surface area (Å²) in [5.74, 6) is -2.83. The maximum Gasteiger partial charge on any atom is 0.337 e. The molecule has 0 spiro atoms. The summed E-state index contributed by atoms with van der Waals surface area (Å²) in [6, 6.07) is 7.47. The van der Waals surface area contributed by atoms with Crippen LogP contribution in [0.3, 0.4) is 0 Å². The first kappa shape index (κ1) is 13.3. The van der Waals surface area contributed by atoms with Gasteiger partial charge in [-0.05, 0) is 11.5 Å². The normalized spacial score (nSPS) is 10.2. The summed E-state index contributed by atoms with van der Waals surface area (Å²) in [4.78, 5) is 26.3. The Morgan fingerprint density at radius 1 is 0.950 bits per heavy atom. The van der Waals surface area contributed by atoms with E-state index in [2.05, 4.69) is 4.99 Å². The van der Waals surface area contributed by atoms with E-state index in [9.17, 15) is 19.8 Å². The minimum Gasteiger partial charge on any atom is -0.478 e. The van der Waals surface area contributed by atoms with Crippen molar-refractivity contribution in [3.63, 3.8) is 0 Å². The van der Waals surface area contributed by atoms with E-state index in [1.54, 1.807) is 24.3 Å². The molecule has 0 unspecified atom stereocenters. The number of fused-ring (bicyclic) bond motifs is 1. The average molecular weight is 273 g/mol. The maximum absolute atomic E-state index is 11.3. The topological polar surface area (TPSA) is 139 Å². The summed E-state index contributed by atoms with van der Waals surface area (Å²) < 4.78 is 0. The van der Waals surface area contributed by atoms with Gasteiger partial charge in [0.2, 0.25) is 0 Å². The van der Waals surface area contributed by atoms with Crippen LogP contribution in [0.25, 0.3) is 10.8 Å². The molecule has 2 rings (SSSR count). The second-order valence-corrected chi connectivity index (χ2v) is 4.01. The van der Waals surface area contributed by atoms with E-state index in [1.807, 2.05) is 0 Å². The van der Waals surface area contributed by atoms with Crippen LogP contribution in [0.1, 0.15) is 20.7 Å².